The molecule has 1 amide bonds. The molecule has 21 heavy (non-hydrogen) atoms. The van der Waals surface area contributed by atoms with E-state index >= 15 is 0 Å². The molecular weight excluding hydrogens is 291 g/mol. The first-order valence-electron chi connectivity index (χ1n) is 6.94. The molecule has 0 aliphatic rings. The van der Waals surface area contributed by atoms with E-state index in [0.29, 0.717) is 19.5 Å². The molecule has 1 aromatic rings. The molecule has 1 aromatic carbocycles. The van der Waals surface area contributed by atoms with Crippen molar-refractivity contribution in [2.45, 2.75) is 27.2 Å². The fourth-order valence-corrected chi connectivity index (χ4v) is 2.27. The Morgan fingerprint density at radius 1 is 1.43 bits per heavy atom. The summed E-state index contributed by atoms with van der Waals surface area (Å²) in [7, 11) is 1.79. The highest BCUT2D eigenvalue weighted by atomic mass is 35.5. The zero-order valence-corrected chi connectivity index (χ0v) is 14.0. The lowest BCUT2D eigenvalue weighted by atomic mass is 9.92. The summed E-state index contributed by atoms with van der Waals surface area (Å²) in [6, 6.07) is 6.40. The highest BCUT2D eigenvalue weighted by Crippen LogP contribution is 2.17. The van der Waals surface area contributed by atoms with E-state index in [1.807, 2.05) is 26.8 Å². The summed E-state index contributed by atoms with van der Waals surface area (Å²) in [6.45, 7) is 7.10. The third-order valence-electron chi connectivity index (χ3n) is 3.45. The Morgan fingerprint density at radius 2 is 2.05 bits per heavy atom. The van der Waals surface area contributed by atoms with E-state index < -0.39 is 0 Å². The first-order chi connectivity index (χ1) is 9.25. The Labute approximate surface area is 133 Å². The van der Waals surface area contributed by atoms with Crippen molar-refractivity contribution < 1.29 is 9.18 Å². The van der Waals surface area contributed by atoms with Crippen LogP contribution in [-0.4, -0.2) is 30.9 Å². The van der Waals surface area contributed by atoms with Crippen LogP contribution in [0.25, 0.3) is 0 Å². The standard InChI is InChI=1S/C16H25FN2O.ClH/c1-12(8-13-6-5-7-14(17)9-13)15(20)19(4)11-16(2,3)10-18;/h5-7,9,12H,8,10-11,18H2,1-4H3;1H. The van der Waals surface area contributed by atoms with Gasteiger partial charge in [0.1, 0.15) is 5.82 Å². The lowest BCUT2D eigenvalue weighted by Crippen LogP contribution is -2.42. The third-order valence-corrected chi connectivity index (χ3v) is 3.45. The van der Waals surface area contributed by atoms with Crippen molar-refractivity contribution >= 4 is 18.3 Å². The molecule has 1 unspecified atom stereocenters. The molecule has 0 saturated carbocycles. The van der Waals surface area contributed by atoms with Gasteiger partial charge in [0.15, 0.2) is 0 Å². The van der Waals surface area contributed by atoms with Crippen molar-refractivity contribution in [3.63, 3.8) is 0 Å². The van der Waals surface area contributed by atoms with Gasteiger partial charge in [-0.25, -0.2) is 4.39 Å². The van der Waals surface area contributed by atoms with E-state index in [2.05, 4.69) is 0 Å². The maximum absolute atomic E-state index is 13.1. The minimum Gasteiger partial charge on any atom is -0.345 e. The highest BCUT2D eigenvalue weighted by Gasteiger charge is 2.24. The van der Waals surface area contributed by atoms with E-state index in [4.69, 9.17) is 5.73 Å². The van der Waals surface area contributed by atoms with Crippen molar-refractivity contribution in [1.29, 1.82) is 0 Å². The number of nitrogens with zero attached hydrogens (tertiary/aromatic N) is 1. The monoisotopic (exact) mass is 316 g/mol. The second kappa shape index (κ2) is 8.35. The molecule has 0 heterocycles. The number of halogens is 2. The van der Waals surface area contributed by atoms with Gasteiger partial charge in [-0.15, -0.1) is 12.4 Å². The molecule has 0 saturated heterocycles. The van der Waals surface area contributed by atoms with Crippen LogP contribution >= 0.6 is 12.4 Å². The minimum absolute atomic E-state index is 0. The SMILES string of the molecule is CC(Cc1cccc(F)c1)C(=O)N(C)CC(C)(C)CN.Cl. The van der Waals surface area contributed by atoms with Gasteiger partial charge in [-0.05, 0) is 36.1 Å². The molecule has 120 valence electrons. The molecule has 0 aromatic heterocycles. The Morgan fingerprint density at radius 3 is 2.57 bits per heavy atom. The van der Waals surface area contributed by atoms with Gasteiger partial charge >= 0.3 is 0 Å². The van der Waals surface area contributed by atoms with Crippen molar-refractivity contribution in [1.82, 2.24) is 4.90 Å². The topological polar surface area (TPSA) is 46.3 Å². The Balaban J connectivity index is 0.00000400. The molecule has 5 heteroatoms. The Bertz CT molecular complexity index is 465. The van der Waals surface area contributed by atoms with Crippen LogP contribution in [0.15, 0.2) is 24.3 Å². The number of benzene rings is 1. The van der Waals surface area contributed by atoms with Gasteiger partial charge in [-0.2, -0.15) is 0 Å². The zero-order valence-electron chi connectivity index (χ0n) is 13.2. The van der Waals surface area contributed by atoms with E-state index in [9.17, 15) is 9.18 Å². The van der Waals surface area contributed by atoms with Crippen LogP contribution in [0.5, 0.6) is 0 Å². The van der Waals surface area contributed by atoms with Gasteiger partial charge in [0.05, 0.1) is 0 Å². The van der Waals surface area contributed by atoms with Gasteiger partial charge in [-0.1, -0.05) is 32.9 Å². The Kier molecular flexibility index (Phi) is 7.90. The van der Waals surface area contributed by atoms with E-state index in [-0.39, 0.29) is 35.5 Å². The average Bonchev–Trinajstić information content (AvgIpc) is 2.37. The fourth-order valence-electron chi connectivity index (χ4n) is 2.27. The summed E-state index contributed by atoms with van der Waals surface area (Å²) < 4.78 is 13.1. The summed E-state index contributed by atoms with van der Waals surface area (Å²) in [6.07, 6.45) is 0.546. The molecule has 0 aliphatic carbocycles. The van der Waals surface area contributed by atoms with Gasteiger partial charge < -0.3 is 10.6 Å². The van der Waals surface area contributed by atoms with Crippen LogP contribution in [0.4, 0.5) is 4.39 Å². The van der Waals surface area contributed by atoms with E-state index in [1.165, 1.54) is 12.1 Å². The second-order valence-electron chi connectivity index (χ2n) is 6.30. The molecule has 1 atom stereocenters. The number of carbonyl (C=O) groups excluding carboxylic acids is 1. The predicted octanol–water partition coefficient (Wildman–Crippen LogP) is 2.87. The number of amides is 1. The predicted molar refractivity (Wildman–Crippen MR) is 87.0 cm³/mol. The Hall–Kier alpha value is -1.13. The third kappa shape index (κ3) is 6.44. The average molecular weight is 317 g/mol. The van der Waals surface area contributed by atoms with Crippen LogP contribution in [-0.2, 0) is 11.2 Å². The highest BCUT2D eigenvalue weighted by molar-refractivity contribution is 5.85. The number of rotatable bonds is 6. The van der Waals surface area contributed by atoms with Crippen LogP contribution in [0.2, 0.25) is 0 Å². The first kappa shape index (κ1) is 19.9. The maximum atomic E-state index is 13.1. The quantitative estimate of drug-likeness (QED) is 0.877. The second-order valence-corrected chi connectivity index (χ2v) is 6.30. The largest absolute Gasteiger partial charge is 0.345 e. The van der Waals surface area contributed by atoms with Crippen LogP contribution < -0.4 is 5.73 Å². The molecule has 0 spiro atoms. The van der Waals surface area contributed by atoms with Gasteiger partial charge in [-0.3, -0.25) is 4.79 Å². The fraction of sp³-hybridized carbons (Fsp3) is 0.562. The molecule has 1 rings (SSSR count). The van der Waals surface area contributed by atoms with Crippen LogP contribution in [0.3, 0.4) is 0 Å². The number of hydrogen-bond donors (Lipinski definition) is 1. The summed E-state index contributed by atoms with van der Waals surface area (Å²) in [5.74, 6) is -0.370. The minimum atomic E-state index is -0.264. The van der Waals surface area contributed by atoms with Crippen molar-refractivity contribution in [2.24, 2.45) is 17.1 Å². The van der Waals surface area contributed by atoms with Crippen molar-refractivity contribution in [3.8, 4) is 0 Å². The van der Waals surface area contributed by atoms with Crippen LogP contribution in [0, 0.1) is 17.2 Å². The number of hydrogen-bond acceptors (Lipinski definition) is 2. The molecule has 0 aliphatic heterocycles. The smallest absolute Gasteiger partial charge is 0.225 e. The lowest BCUT2D eigenvalue weighted by molar-refractivity contribution is -0.134. The van der Waals surface area contributed by atoms with E-state index in [0.717, 1.165) is 5.56 Å². The van der Waals surface area contributed by atoms with Gasteiger partial charge in [0.25, 0.3) is 0 Å². The van der Waals surface area contributed by atoms with Gasteiger partial charge in [0.2, 0.25) is 5.91 Å². The molecule has 0 fully saturated rings. The molecular formula is C16H26ClFN2O. The molecule has 0 bridgehead atoms. The summed E-state index contributed by atoms with van der Waals surface area (Å²) in [5, 5.41) is 0. The molecule has 3 nitrogen and oxygen atoms in total. The summed E-state index contributed by atoms with van der Waals surface area (Å²) >= 11 is 0. The first-order valence-corrected chi connectivity index (χ1v) is 6.94. The number of carbonyl (C=O) groups is 1. The van der Waals surface area contributed by atoms with Crippen molar-refractivity contribution in [3.05, 3.63) is 35.6 Å². The maximum Gasteiger partial charge on any atom is 0.225 e. The van der Waals surface area contributed by atoms with E-state index in [1.54, 1.807) is 18.0 Å². The molecule has 0 radical (unpaired) electrons. The number of nitrogens with two attached hydrogens (primary N) is 1. The summed E-state index contributed by atoms with van der Waals surface area (Å²) in [5.41, 5.74) is 6.44. The van der Waals surface area contributed by atoms with Crippen LogP contribution in [0.1, 0.15) is 26.3 Å². The lowest BCUT2D eigenvalue weighted by Gasteiger charge is -2.30. The normalized spacial score (nSPS) is 12.5. The summed E-state index contributed by atoms with van der Waals surface area (Å²) in [4.78, 5) is 14.0. The van der Waals surface area contributed by atoms with Crippen molar-refractivity contribution in [2.75, 3.05) is 20.1 Å². The zero-order chi connectivity index (χ0) is 15.3. The molecule has 2 N–H and O–H groups in total. The van der Waals surface area contributed by atoms with Gasteiger partial charge in [0, 0.05) is 19.5 Å².